The lowest BCUT2D eigenvalue weighted by atomic mass is 10.1. The van der Waals surface area contributed by atoms with Crippen LogP contribution in [0.1, 0.15) is 30.6 Å². The zero-order chi connectivity index (χ0) is 17.6. The van der Waals surface area contributed by atoms with Crippen molar-refractivity contribution in [2.75, 3.05) is 23.3 Å². The van der Waals surface area contributed by atoms with Gasteiger partial charge in [0.15, 0.2) is 5.88 Å². The lowest BCUT2D eigenvalue weighted by Crippen LogP contribution is -2.28. The van der Waals surface area contributed by atoms with E-state index in [1.54, 1.807) is 12.1 Å². The molecule has 3 rings (SSSR count). The van der Waals surface area contributed by atoms with Crippen LogP contribution in [-0.2, 0) is 4.79 Å². The molecule has 0 unspecified atom stereocenters. The van der Waals surface area contributed by atoms with Gasteiger partial charge >= 0.3 is 0 Å². The molecule has 25 heavy (non-hydrogen) atoms. The Morgan fingerprint density at radius 3 is 2.76 bits per heavy atom. The SMILES string of the molecule is Cc1cccc(NC(=O)/C(C#N)=C\c2ccc(N3CCCCC3)o2)c1. The molecule has 1 aromatic carbocycles. The molecule has 2 aromatic rings. The second-order valence-corrected chi connectivity index (χ2v) is 6.22. The summed E-state index contributed by atoms with van der Waals surface area (Å²) in [6.45, 7) is 3.91. The lowest BCUT2D eigenvalue weighted by molar-refractivity contribution is -0.112. The number of nitriles is 1. The summed E-state index contributed by atoms with van der Waals surface area (Å²) in [4.78, 5) is 14.5. The Morgan fingerprint density at radius 2 is 2.04 bits per heavy atom. The number of amides is 1. The van der Waals surface area contributed by atoms with Crippen LogP contribution >= 0.6 is 0 Å². The van der Waals surface area contributed by atoms with Crippen molar-refractivity contribution in [3.63, 3.8) is 0 Å². The maximum Gasteiger partial charge on any atom is 0.266 e. The fourth-order valence-electron chi connectivity index (χ4n) is 2.92. The summed E-state index contributed by atoms with van der Waals surface area (Å²) in [6.07, 6.45) is 5.06. The van der Waals surface area contributed by atoms with Gasteiger partial charge in [-0.3, -0.25) is 4.79 Å². The van der Waals surface area contributed by atoms with Crippen LogP contribution in [-0.4, -0.2) is 19.0 Å². The van der Waals surface area contributed by atoms with Crippen LogP contribution in [0.4, 0.5) is 11.6 Å². The average Bonchev–Trinajstić information content (AvgIpc) is 3.09. The van der Waals surface area contributed by atoms with E-state index in [9.17, 15) is 10.1 Å². The Labute approximate surface area is 147 Å². The smallest absolute Gasteiger partial charge is 0.266 e. The number of nitrogens with one attached hydrogen (secondary N) is 1. The second kappa shape index (κ2) is 7.71. The number of nitrogens with zero attached hydrogens (tertiary/aromatic N) is 2. The maximum atomic E-state index is 12.3. The molecule has 1 aromatic heterocycles. The topological polar surface area (TPSA) is 69.3 Å². The first-order chi connectivity index (χ1) is 12.2. The van der Waals surface area contributed by atoms with Crippen molar-refractivity contribution in [1.82, 2.24) is 0 Å². The number of rotatable bonds is 4. The van der Waals surface area contributed by atoms with Crippen molar-refractivity contribution in [2.24, 2.45) is 0 Å². The minimum absolute atomic E-state index is 0.0149. The number of furan rings is 1. The molecule has 1 aliphatic rings. The molecule has 5 nitrogen and oxygen atoms in total. The summed E-state index contributed by atoms with van der Waals surface area (Å²) in [7, 11) is 0. The fraction of sp³-hybridized carbons (Fsp3) is 0.300. The normalized spacial score (nSPS) is 14.9. The first-order valence-corrected chi connectivity index (χ1v) is 8.50. The third-order valence-electron chi connectivity index (χ3n) is 4.21. The zero-order valence-electron chi connectivity index (χ0n) is 14.3. The lowest BCUT2D eigenvalue weighted by Gasteiger charge is -2.25. The number of hydrogen-bond acceptors (Lipinski definition) is 4. The van der Waals surface area contributed by atoms with Gasteiger partial charge in [0.05, 0.1) is 0 Å². The average molecular weight is 335 g/mol. The van der Waals surface area contributed by atoms with Gasteiger partial charge in [0.2, 0.25) is 0 Å². The van der Waals surface area contributed by atoms with E-state index >= 15 is 0 Å². The highest BCUT2D eigenvalue weighted by molar-refractivity contribution is 6.09. The first-order valence-electron chi connectivity index (χ1n) is 8.50. The van der Waals surface area contributed by atoms with E-state index in [0.29, 0.717) is 11.4 Å². The second-order valence-electron chi connectivity index (χ2n) is 6.22. The van der Waals surface area contributed by atoms with Gasteiger partial charge in [0.25, 0.3) is 5.91 Å². The van der Waals surface area contributed by atoms with E-state index in [4.69, 9.17) is 4.42 Å². The van der Waals surface area contributed by atoms with Gasteiger partial charge in [-0.1, -0.05) is 12.1 Å². The Morgan fingerprint density at radius 1 is 1.24 bits per heavy atom. The van der Waals surface area contributed by atoms with Gasteiger partial charge in [-0.25, -0.2) is 0 Å². The predicted molar refractivity (Wildman–Crippen MR) is 98.2 cm³/mol. The summed E-state index contributed by atoms with van der Waals surface area (Å²) in [5.74, 6) is 0.864. The monoisotopic (exact) mass is 335 g/mol. The largest absolute Gasteiger partial charge is 0.441 e. The molecule has 1 amide bonds. The van der Waals surface area contributed by atoms with Crippen molar-refractivity contribution in [3.8, 4) is 6.07 Å². The standard InChI is InChI=1S/C20H21N3O2/c1-15-6-5-7-17(12-15)22-20(24)16(14-21)13-18-8-9-19(25-18)23-10-3-2-4-11-23/h5-9,12-13H,2-4,10-11H2,1H3,(H,22,24)/b16-13-. The molecule has 128 valence electrons. The molecule has 0 bridgehead atoms. The van der Waals surface area contributed by atoms with Crippen molar-refractivity contribution in [2.45, 2.75) is 26.2 Å². The molecule has 1 fully saturated rings. The highest BCUT2D eigenvalue weighted by Gasteiger charge is 2.15. The molecule has 5 heteroatoms. The molecule has 0 aliphatic carbocycles. The molecule has 0 radical (unpaired) electrons. The molecule has 2 heterocycles. The Bertz CT molecular complexity index is 823. The highest BCUT2D eigenvalue weighted by atomic mass is 16.4. The van der Waals surface area contributed by atoms with Crippen LogP contribution in [0, 0.1) is 18.3 Å². The van der Waals surface area contributed by atoms with E-state index in [2.05, 4.69) is 10.2 Å². The van der Waals surface area contributed by atoms with Gasteiger partial charge in [0, 0.05) is 30.9 Å². The highest BCUT2D eigenvalue weighted by Crippen LogP contribution is 2.24. The van der Waals surface area contributed by atoms with Crippen molar-refractivity contribution in [1.29, 1.82) is 5.26 Å². The molecule has 0 atom stereocenters. The number of anilines is 2. The van der Waals surface area contributed by atoms with Crippen molar-refractivity contribution < 1.29 is 9.21 Å². The van der Waals surface area contributed by atoms with E-state index in [1.165, 1.54) is 12.5 Å². The van der Waals surface area contributed by atoms with Gasteiger partial charge < -0.3 is 14.6 Å². The minimum Gasteiger partial charge on any atom is -0.441 e. The molecule has 1 saturated heterocycles. The summed E-state index contributed by atoms with van der Waals surface area (Å²) in [5, 5.41) is 12.1. The van der Waals surface area contributed by atoms with E-state index in [0.717, 1.165) is 37.4 Å². The molecule has 1 N–H and O–H groups in total. The molecular formula is C20H21N3O2. The summed E-state index contributed by atoms with van der Waals surface area (Å²) in [5.41, 5.74) is 1.72. The van der Waals surface area contributed by atoms with Crippen LogP contribution < -0.4 is 10.2 Å². The van der Waals surface area contributed by atoms with Crippen molar-refractivity contribution >= 4 is 23.6 Å². The molecule has 0 saturated carbocycles. The van der Waals surface area contributed by atoms with Crippen LogP contribution in [0.2, 0.25) is 0 Å². The van der Waals surface area contributed by atoms with E-state index in [-0.39, 0.29) is 5.57 Å². The van der Waals surface area contributed by atoms with E-state index in [1.807, 2.05) is 37.3 Å². The molecule has 1 aliphatic heterocycles. The summed E-state index contributed by atoms with van der Waals surface area (Å²) >= 11 is 0. The first kappa shape index (κ1) is 16.8. The number of carbonyl (C=O) groups is 1. The van der Waals surface area contributed by atoms with Gasteiger partial charge in [-0.2, -0.15) is 5.26 Å². The van der Waals surface area contributed by atoms with Crippen LogP contribution in [0.5, 0.6) is 0 Å². The maximum absolute atomic E-state index is 12.3. The number of hydrogen-bond donors (Lipinski definition) is 1. The van der Waals surface area contributed by atoms with Crippen LogP contribution in [0.15, 0.2) is 46.4 Å². The number of aryl methyl sites for hydroxylation is 1. The molecular weight excluding hydrogens is 314 g/mol. The zero-order valence-corrected chi connectivity index (χ0v) is 14.3. The van der Waals surface area contributed by atoms with Crippen molar-refractivity contribution in [3.05, 3.63) is 53.3 Å². The summed E-state index contributed by atoms with van der Waals surface area (Å²) in [6, 6.07) is 13.1. The quantitative estimate of drug-likeness (QED) is 0.674. The third-order valence-corrected chi connectivity index (χ3v) is 4.21. The van der Waals surface area contributed by atoms with Crippen LogP contribution in [0.3, 0.4) is 0 Å². The fourth-order valence-corrected chi connectivity index (χ4v) is 2.92. The third kappa shape index (κ3) is 4.30. The number of carbonyl (C=O) groups excluding carboxylic acids is 1. The number of piperidine rings is 1. The van der Waals surface area contributed by atoms with E-state index < -0.39 is 5.91 Å². The Balaban J connectivity index is 1.72. The molecule has 0 spiro atoms. The Kier molecular flexibility index (Phi) is 5.20. The van der Waals surface area contributed by atoms with Crippen LogP contribution in [0.25, 0.3) is 6.08 Å². The minimum atomic E-state index is -0.441. The van der Waals surface area contributed by atoms with Gasteiger partial charge in [-0.15, -0.1) is 0 Å². The number of benzene rings is 1. The summed E-state index contributed by atoms with van der Waals surface area (Å²) < 4.78 is 5.79. The van der Waals surface area contributed by atoms with Gasteiger partial charge in [0.1, 0.15) is 17.4 Å². The Hall–Kier alpha value is -3.00. The van der Waals surface area contributed by atoms with Gasteiger partial charge in [-0.05, 0) is 49.9 Å². The predicted octanol–water partition coefficient (Wildman–Crippen LogP) is 4.12.